The Bertz CT molecular complexity index is 354. The van der Waals surface area contributed by atoms with Gasteiger partial charge in [-0.25, -0.2) is 9.97 Å². The molecule has 1 saturated heterocycles. The lowest BCUT2D eigenvalue weighted by Crippen LogP contribution is -2.36. The van der Waals surface area contributed by atoms with Gasteiger partial charge in [-0.2, -0.15) is 0 Å². The number of aromatic nitrogens is 2. The third-order valence-electron chi connectivity index (χ3n) is 2.95. The largest absolute Gasteiger partial charge is 0.355 e. The zero-order chi connectivity index (χ0) is 11.5. The summed E-state index contributed by atoms with van der Waals surface area (Å²) in [5.74, 6) is 1.54. The van der Waals surface area contributed by atoms with Crippen molar-refractivity contribution in [1.82, 2.24) is 9.97 Å². The number of halogens is 1. The Morgan fingerprint density at radius 3 is 2.94 bits per heavy atom. The van der Waals surface area contributed by atoms with Crippen molar-refractivity contribution in [1.29, 1.82) is 0 Å². The second-order valence-electron chi connectivity index (χ2n) is 4.64. The van der Waals surface area contributed by atoms with Gasteiger partial charge in [0.05, 0.1) is 0 Å². The minimum absolute atomic E-state index is 0.464. The Morgan fingerprint density at radius 2 is 2.25 bits per heavy atom. The maximum absolute atomic E-state index is 4.37. The molecule has 0 aliphatic carbocycles. The molecule has 0 aromatic carbocycles. The lowest BCUT2D eigenvalue weighted by molar-refractivity contribution is 0.590. The minimum atomic E-state index is 0.464. The van der Waals surface area contributed by atoms with E-state index >= 15 is 0 Å². The van der Waals surface area contributed by atoms with Crippen LogP contribution in [0.3, 0.4) is 0 Å². The smallest absolute Gasteiger partial charge is 0.132 e. The predicted octanol–water partition coefficient (Wildman–Crippen LogP) is 2.96. The van der Waals surface area contributed by atoms with Crippen LogP contribution >= 0.6 is 15.9 Å². The highest BCUT2D eigenvalue weighted by Crippen LogP contribution is 2.23. The van der Waals surface area contributed by atoms with Crippen molar-refractivity contribution in [2.75, 3.05) is 18.0 Å². The molecule has 88 valence electrons. The van der Waals surface area contributed by atoms with Crippen LogP contribution < -0.4 is 4.90 Å². The number of alkyl halides is 1. The van der Waals surface area contributed by atoms with Gasteiger partial charge in [0.25, 0.3) is 0 Å². The van der Waals surface area contributed by atoms with Crippen LogP contribution in [-0.4, -0.2) is 27.9 Å². The fourth-order valence-electron chi connectivity index (χ4n) is 1.98. The summed E-state index contributed by atoms with van der Waals surface area (Å²) in [6, 6.07) is 2.12. The van der Waals surface area contributed by atoms with Gasteiger partial charge in [-0.1, -0.05) is 29.8 Å². The predicted molar refractivity (Wildman–Crippen MR) is 70.3 cm³/mol. The van der Waals surface area contributed by atoms with Crippen LogP contribution in [-0.2, 0) is 0 Å². The zero-order valence-corrected chi connectivity index (χ0v) is 11.4. The van der Waals surface area contributed by atoms with E-state index in [2.05, 4.69) is 50.7 Å². The number of hydrogen-bond donors (Lipinski definition) is 0. The summed E-state index contributed by atoms with van der Waals surface area (Å²) in [7, 11) is 0. The van der Waals surface area contributed by atoms with E-state index in [1.54, 1.807) is 6.33 Å². The monoisotopic (exact) mass is 283 g/mol. The lowest BCUT2D eigenvalue weighted by Gasteiger charge is -2.31. The van der Waals surface area contributed by atoms with E-state index < -0.39 is 0 Å². The molecule has 0 amide bonds. The summed E-state index contributed by atoms with van der Waals surface area (Å²) in [6.07, 6.45) is 4.18. The minimum Gasteiger partial charge on any atom is -0.355 e. The van der Waals surface area contributed by atoms with E-state index in [-0.39, 0.29) is 0 Å². The average Bonchev–Trinajstić information content (AvgIpc) is 2.29. The van der Waals surface area contributed by atoms with Gasteiger partial charge in [0.1, 0.15) is 12.1 Å². The van der Waals surface area contributed by atoms with Gasteiger partial charge < -0.3 is 4.90 Å². The van der Waals surface area contributed by atoms with E-state index in [4.69, 9.17) is 0 Å². The molecular weight excluding hydrogens is 266 g/mol. The molecule has 1 fully saturated rings. The molecule has 0 bridgehead atoms. The summed E-state index contributed by atoms with van der Waals surface area (Å²) in [6.45, 7) is 6.48. The molecule has 0 radical (unpaired) electrons. The molecule has 3 nitrogen and oxygen atoms in total. The third kappa shape index (κ3) is 2.73. The van der Waals surface area contributed by atoms with Gasteiger partial charge in [-0.15, -0.1) is 0 Å². The van der Waals surface area contributed by atoms with Crippen LogP contribution in [0.15, 0.2) is 12.4 Å². The fraction of sp³-hybridized carbons (Fsp3) is 0.667. The molecule has 1 aliphatic rings. The van der Waals surface area contributed by atoms with Crippen molar-refractivity contribution in [3.63, 3.8) is 0 Å². The van der Waals surface area contributed by atoms with Crippen LogP contribution in [0.5, 0.6) is 0 Å². The molecule has 16 heavy (non-hydrogen) atoms. The molecular formula is C12H18BrN3. The first-order valence-corrected chi connectivity index (χ1v) is 6.79. The molecule has 1 aliphatic heterocycles. The van der Waals surface area contributed by atoms with Crippen LogP contribution in [0.1, 0.15) is 38.3 Å². The Labute approximate surface area is 105 Å². The highest BCUT2D eigenvalue weighted by atomic mass is 79.9. The molecule has 0 saturated carbocycles. The van der Waals surface area contributed by atoms with Gasteiger partial charge in [-0.3, -0.25) is 0 Å². The highest BCUT2D eigenvalue weighted by molar-refractivity contribution is 9.09. The number of hydrogen-bond acceptors (Lipinski definition) is 3. The van der Waals surface area contributed by atoms with Crippen molar-refractivity contribution in [2.24, 2.45) is 0 Å². The van der Waals surface area contributed by atoms with Crippen LogP contribution in [0, 0.1) is 0 Å². The van der Waals surface area contributed by atoms with Crippen molar-refractivity contribution in [3.8, 4) is 0 Å². The highest BCUT2D eigenvalue weighted by Gasteiger charge is 2.19. The van der Waals surface area contributed by atoms with E-state index in [0.717, 1.165) is 24.6 Å². The molecule has 0 spiro atoms. The van der Waals surface area contributed by atoms with E-state index in [0.29, 0.717) is 10.7 Å². The Morgan fingerprint density at radius 1 is 1.44 bits per heavy atom. The quantitative estimate of drug-likeness (QED) is 0.782. The molecule has 2 rings (SSSR count). The van der Waals surface area contributed by atoms with Crippen molar-refractivity contribution < 1.29 is 0 Å². The van der Waals surface area contributed by atoms with E-state index in [9.17, 15) is 0 Å². The molecule has 2 heterocycles. The normalized spacial score (nSPS) is 21.5. The fourth-order valence-corrected chi connectivity index (χ4v) is 2.66. The summed E-state index contributed by atoms with van der Waals surface area (Å²) in [4.78, 5) is 11.6. The molecule has 1 aromatic heterocycles. The Kier molecular flexibility index (Phi) is 3.79. The summed E-state index contributed by atoms with van der Waals surface area (Å²) in [5.41, 5.74) is 1.13. The van der Waals surface area contributed by atoms with Gasteiger partial charge in [0, 0.05) is 29.7 Å². The summed E-state index contributed by atoms with van der Waals surface area (Å²) in [5, 5.41) is 0. The van der Waals surface area contributed by atoms with Gasteiger partial charge in [0.15, 0.2) is 0 Å². The number of anilines is 1. The van der Waals surface area contributed by atoms with Crippen LogP contribution in [0.25, 0.3) is 0 Å². The first kappa shape index (κ1) is 11.8. The average molecular weight is 284 g/mol. The second kappa shape index (κ2) is 5.13. The third-order valence-corrected chi connectivity index (χ3v) is 3.70. The van der Waals surface area contributed by atoms with Crippen molar-refractivity contribution in [3.05, 3.63) is 18.1 Å². The molecule has 1 atom stereocenters. The topological polar surface area (TPSA) is 29.0 Å². The second-order valence-corrected chi connectivity index (χ2v) is 5.94. The van der Waals surface area contributed by atoms with Crippen LogP contribution in [0.4, 0.5) is 5.82 Å². The van der Waals surface area contributed by atoms with Gasteiger partial charge in [-0.05, 0) is 18.8 Å². The van der Waals surface area contributed by atoms with Crippen molar-refractivity contribution >= 4 is 21.7 Å². The first-order chi connectivity index (χ1) is 7.66. The maximum atomic E-state index is 4.37. The van der Waals surface area contributed by atoms with Crippen LogP contribution in [0.2, 0.25) is 0 Å². The van der Waals surface area contributed by atoms with Crippen molar-refractivity contribution in [2.45, 2.75) is 37.4 Å². The van der Waals surface area contributed by atoms with E-state index in [1.807, 2.05) is 0 Å². The Hall–Kier alpha value is -0.640. The molecule has 4 heteroatoms. The van der Waals surface area contributed by atoms with Gasteiger partial charge in [0.2, 0.25) is 0 Å². The zero-order valence-electron chi connectivity index (χ0n) is 9.86. The summed E-state index contributed by atoms with van der Waals surface area (Å²) >= 11 is 3.69. The SMILES string of the molecule is CC(C)c1cc(N2CCCC(Br)C2)ncn1. The molecule has 1 aromatic rings. The lowest BCUT2D eigenvalue weighted by atomic mass is 10.1. The standard InChI is InChI=1S/C12H18BrN3/c1-9(2)11-6-12(15-8-14-11)16-5-3-4-10(13)7-16/h6,8-10H,3-5,7H2,1-2H3. The number of piperidine rings is 1. The molecule has 0 N–H and O–H groups in total. The maximum Gasteiger partial charge on any atom is 0.132 e. The Balaban J connectivity index is 2.16. The number of nitrogens with zero attached hydrogens (tertiary/aromatic N) is 3. The summed E-state index contributed by atoms with van der Waals surface area (Å²) < 4.78 is 0. The van der Waals surface area contributed by atoms with E-state index in [1.165, 1.54) is 12.8 Å². The van der Waals surface area contributed by atoms with Gasteiger partial charge >= 0.3 is 0 Å². The number of rotatable bonds is 2. The first-order valence-electron chi connectivity index (χ1n) is 5.88. The molecule has 1 unspecified atom stereocenters.